The normalized spacial score (nSPS) is 47.9. The molecular formula is C24H38N2O2. The monoisotopic (exact) mass is 386 g/mol. The molecule has 0 aromatic rings. The number of carbonyl (C=O) groups is 2. The van der Waals surface area contributed by atoms with Crippen LogP contribution in [-0.2, 0) is 9.59 Å². The highest BCUT2D eigenvalue weighted by Gasteiger charge is 2.61. The van der Waals surface area contributed by atoms with Gasteiger partial charge in [0.1, 0.15) is 0 Å². The highest BCUT2D eigenvalue weighted by molar-refractivity contribution is 5.95. The van der Waals surface area contributed by atoms with Gasteiger partial charge in [0.05, 0.1) is 6.04 Å². The van der Waals surface area contributed by atoms with Crippen molar-refractivity contribution in [2.75, 3.05) is 0 Å². The zero-order valence-corrected chi connectivity index (χ0v) is 18.3. The van der Waals surface area contributed by atoms with Gasteiger partial charge in [0.15, 0.2) is 5.78 Å². The summed E-state index contributed by atoms with van der Waals surface area (Å²) in [5, 5.41) is 3.25. The van der Waals surface area contributed by atoms with Crippen molar-refractivity contribution in [1.82, 2.24) is 5.32 Å². The Morgan fingerprint density at radius 2 is 1.75 bits per heavy atom. The third kappa shape index (κ3) is 2.89. The lowest BCUT2D eigenvalue weighted by molar-refractivity contribution is -0.136. The van der Waals surface area contributed by atoms with Gasteiger partial charge in [-0.1, -0.05) is 19.9 Å². The number of hydrogen-bond acceptors (Lipinski definition) is 3. The van der Waals surface area contributed by atoms with Crippen molar-refractivity contribution in [2.45, 2.75) is 84.7 Å². The van der Waals surface area contributed by atoms with Crippen LogP contribution in [0.1, 0.15) is 73.1 Å². The third-order valence-corrected chi connectivity index (χ3v) is 9.03. The lowest BCUT2D eigenvalue weighted by Gasteiger charge is -2.59. The number of hydrogen-bond donors (Lipinski definition) is 2. The fourth-order valence-corrected chi connectivity index (χ4v) is 7.69. The molecule has 8 atom stereocenters. The van der Waals surface area contributed by atoms with Crippen LogP contribution in [-0.4, -0.2) is 23.3 Å². The molecule has 0 aliphatic heterocycles. The van der Waals surface area contributed by atoms with Crippen molar-refractivity contribution in [3.8, 4) is 0 Å². The summed E-state index contributed by atoms with van der Waals surface area (Å²) in [5.74, 6) is 2.61. The molecule has 3 N–H and O–H groups in total. The van der Waals surface area contributed by atoms with Crippen LogP contribution in [0.3, 0.4) is 0 Å². The highest BCUT2D eigenvalue weighted by Crippen LogP contribution is 2.66. The Labute approximate surface area is 170 Å². The number of fused-ring (bicyclic) bond motifs is 5. The summed E-state index contributed by atoms with van der Waals surface area (Å²) in [4.78, 5) is 25.2. The van der Waals surface area contributed by atoms with Crippen LogP contribution < -0.4 is 11.1 Å². The van der Waals surface area contributed by atoms with E-state index >= 15 is 0 Å². The van der Waals surface area contributed by atoms with Crippen LogP contribution in [0.15, 0.2) is 12.2 Å². The Kier molecular flexibility index (Phi) is 4.61. The molecule has 0 spiro atoms. The molecule has 3 saturated carbocycles. The molecule has 0 radical (unpaired) electrons. The molecule has 4 nitrogen and oxygen atoms in total. The topological polar surface area (TPSA) is 72.2 Å². The molecule has 4 aliphatic carbocycles. The maximum atomic E-state index is 13.1. The van der Waals surface area contributed by atoms with E-state index in [2.05, 4.69) is 46.0 Å². The summed E-state index contributed by atoms with van der Waals surface area (Å²) in [6, 6.07) is -0.335. The van der Waals surface area contributed by atoms with Gasteiger partial charge in [0, 0.05) is 11.5 Å². The molecule has 0 saturated heterocycles. The van der Waals surface area contributed by atoms with E-state index in [4.69, 9.17) is 5.73 Å². The first-order valence-electron chi connectivity index (χ1n) is 11.3. The maximum Gasteiger partial charge on any atom is 0.224 e. The minimum absolute atomic E-state index is 0.0311. The number of nitrogens with one attached hydrogen (secondary N) is 1. The molecule has 4 aliphatic rings. The number of rotatable bonds is 1. The fourth-order valence-electron chi connectivity index (χ4n) is 7.69. The van der Waals surface area contributed by atoms with E-state index in [1.807, 2.05) is 0 Å². The van der Waals surface area contributed by atoms with Gasteiger partial charge < -0.3 is 11.1 Å². The fraction of sp³-hybridized carbons (Fsp3) is 0.833. The van der Waals surface area contributed by atoms with Crippen molar-refractivity contribution >= 4 is 11.7 Å². The van der Waals surface area contributed by atoms with E-state index in [9.17, 15) is 9.59 Å². The predicted molar refractivity (Wildman–Crippen MR) is 111 cm³/mol. The molecular weight excluding hydrogens is 348 g/mol. The zero-order valence-electron chi connectivity index (χ0n) is 18.3. The summed E-state index contributed by atoms with van der Waals surface area (Å²) in [7, 11) is 0. The van der Waals surface area contributed by atoms with Crippen molar-refractivity contribution in [2.24, 2.45) is 46.2 Å². The number of carbonyl (C=O) groups excluding carboxylic acids is 2. The molecule has 28 heavy (non-hydrogen) atoms. The predicted octanol–water partition coefficient (Wildman–Crippen LogP) is 3.84. The van der Waals surface area contributed by atoms with Crippen molar-refractivity contribution in [3.05, 3.63) is 12.2 Å². The third-order valence-electron chi connectivity index (χ3n) is 9.03. The average Bonchev–Trinajstić information content (AvgIpc) is 2.94. The second kappa shape index (κ2) is 6.42. The smallest absolute Gasteiger partial charge is 0.224 e. The first-order valence-corrected chi connectivity index (χ1v) is 11.3. The van der Waals surface area contributed by atoms with Crippen LogP contribution in [0.2, 0.25) is 0 Å². The number of allylic oxidation sites excluding steroid dienone is 1. The van der Waals surface area contributed by atoms with Crippen LogP contribution in [0.5, 0.6) is 0 Å². The molecule has 4 rings (SSSR count). The molecule has 1 amide bonds. The lowest BCUT2D eigenvalue weighted by atomic mass is 9.45. The SMILES string of the molecule is CC(C)(C)NC(=O)C1CC[C@H]2[C@@H]3CCC4C(N)C(=O)C=C[C@]4(C)[C@@H]3CC[C@]12C. The Morgan fingerprint density at radius 3 is 2.43 bits per heavy atom. The van der Waals surface area contributed by atoms with Gasteiger partial charge in [0.25, 0.3) is 0 Å². The molecule has 0 bridgehead atoms. The van der Waals surface area contributed by atoms with Gasteiger partial charge in [-0.15, -0.1) is 0 Å². The Bertz CT molecular complexity index is 708. The first-order chi connectivity index (χ1) is 13.0. The molecule has 156 valence electrons. The van der Waals surface area contributed by atoms with Crippen LogP contribution in [0.4, 0.5) is 0 Å². The van der Waals surface area contributed by atoms with Gasteiger partial charge in [-0.3, -0.25) is 9.59 Å². The van der Waals surface area contributed by atoms with Gasteiger partial charge in [0.2, 0.25) is 5.91 Å². The van der Waals surface area contributed by atoms with Crippen molar-refractivity contribution in [3.63, 3.8) is 0 Å². The van der Waals surface area contributed by atoms with Crippen LogP contribution in [0, 0.1) is 40.4 Å². The van der Waals surface area contributed by atoms with E-state index in [-0.39, 0.29) is 45.9 Å². The van der Waals surface area contributed by atoms with Crippen molar-refractivity contribution < 1.29 is 9.59 Å². The van der Waals surface area contributed by atoms with E-state index < -0.39 is 0 Å². The quantitative estimate of drug-likeness (QED) is 0.719. The van der Waals surface area contributed by atoms with Gasteiger partial charge in [-0.05, 0) is 99.9 Å². The minimum atomic E-state index is -0.335. The van der Waals surface area contributed by atoms with E-state index in [0.29, 0.717) is 17.8 Å². The largest absolute Gasteiger partial charge is 0.351 e. The van der Waals surface area contributed by atoms with E-state index in [0.717, 1.165) is 38.5 Å². The second-order valence-corrected chi connectivity index (χ2v) is 11.6. The Balaban J connectivity index is 1.59. The lowest BCUT2D eigenvalue weighted by Crippen LogP contribution is -2.58. The average molecular weight is 387 g/mol. The zero-order chi connectivity index (χ0) is 20.5. The molecule has 4 heteroatoms. The Morgan fingerprint density at radius 1 is 1.07 bits per heavy atom. The van der Waals surface area contributed by atoms with Gasteiger partial charge in [-0.25, -0.2) is 0 Å². The summed E-state index contributed by atoms with van der Waals surface area (Å²) >= 11 is 0. The summed E-state index contributed by atoms with van der Waals surface area (Å²) in [6.07, 6.45) is 10.6. The van der Waals surface area contributed by atoms with Crippen LogP contribution in [0.25, 0.3) is 0 Å². The van der Waals surface area contributed by atoms with Gasteiger partial charge >= 0.3 is 0 Å². The second-order valence-electron chi connectivity index (χ2n) is 11.6. The highest BCUT2D eigenvalue weighted by atomic mass is 16.2. The summed E-state index contributed by atoms with van der Waals surface area (Å²) in [5.41, 5.74) is 6.30. The molecule has 0 aromatic carbocycles. The molecule has 3 unspecified atom stereocenters. The minimum Gasteiger partial charge on any atom is -0.351 e. The number of nitrogens with two attached hydrogens (primary N) is 1. The molecule has 3 fully saturated rings. The summed E-state index contributed by atoms with van der Waals surface area (Å²) in [6.45, 7) is 10.9. The van der Waals surface area contributed by atoms with Crippen molar-refractivity contribution in [1.29, 1.82) is 0 Å². The molecule has 0 heterocycles. The Hall–Kier alpha value is -1.16. The first kappa shape index (κ1) is 20.1. The van der Waals surface area contributed by atoms with E-state index in [1.165, 1.54) is 0 Å². The standard InChI is InChI=1S/C24H38N2O2/c1-22(2,3)26-21(28)18-9-8-15-14-6-7-17-20(25)19(27)11-13-23(17,4)16(14)10-12-24(15,18)5/h11,13-18,20H,6-10,12,25H2,1-5H3,(H,26,28)/t14-,15-,16+,17?,18?,20?,23+,24-/m0/s1. The number of amides is 1. The van der Waals surface area contributed by atoms with Crippen LogP contribution >= 0.6 is 0 Å². The summed E-state index contributed by atoms with van der Waals surface area (Å²) < 4.78 is 0. The maximum absolute atomic E-state index is 13.1. The van der Waals surface area contributed by atoms with E-state index in [1.54, 1.807) is 6.08 Å². The number of ketones is 1. The van der Waals surface area contributed by atoms with Gasteiger partial charge in [-0.2, -0.15) is 0 Å². The molecule has 0 aromatic heterocycles.